The summed E-state index contributed by atoms with van der Waals surface area (Å²) in [6.45, 7) is -0.199. The van der Waals surface area contributed by atoms with Gasteiger partial charge >= 0.3 is 5.51 Å². The SMILES string of the molecule is O=[N+]([O-])c1ccccc1S(=O)(=O)N1CC[C@H](SC(F)(F)F)[C@H]1c1ccc(Cl)cc1. The molecular formula is C17H14ClF3N2O4S2. The normalized spacial score (nSPS) is 20.7. The highest BCUT2D eigenvalue weighted by molar-refractivity contribution is 8.00. The van der Waals surface area contributed by atoms with Crippen LogP contribution in [0.2, 0.25) is 5.02 Å². The van der Waals surface area contributed by atoms with Crippen molar-refractivity contribution in [3.8, 4) is 0 Å². The number of hydrogen-bond donors (Lipinski definition) is 0. The molecule has 1 fully saturated rings. The van der Waals surface area contributed by atoms with Crippen molar-refractivity contribution in [2.24, 2.45) is 0 Å². The van der Waals surface area contributed by atoms with Crippen molar-refractivity contribution in [1.29, 1.82) is 0 Å². The lowest BCUT2D eigenvalue weighted by Crippen LogP contribution is -2.33. The predicted octanol–water partition coefficient (Wildman–Crippen LogP) is 5.01. The number of hydrogen-bond acceptors (Lipinski definition) is 5. The van der Waals surface area contributed by atoms with E-state index in [9.17, 15) is 31.7 Å². The highest BCUT2D eigenvalue weighted by Crippen LogP contribution is 2.48. The van der Waals surface area contributed by atoms with Gasteiger partial charge in [0.15, 0.2) is 4.90 Å². The summed E-state index contributed by atoms with van der Waals surface area (Å²) in [5.41, 5.74) is -4.86. The Morgan fingerprint density at radius 3 is 2.34 bits per heavy atom. The lowest BCUT2D eigenvalue weighted by molar-refractivity contribution is -0.387. The maximum atomic E-state index is 13.2. The summed E-state index contributed by atoms with van der Waals surface area (Å²) in [6.07, 6.45) is -0.0582. The molecule has 0 aliphatic carbocycles. The second-order valence-corrected chi connectivity index (χ2v) is 9.83. The largest absolute Gasteiger partial charge is 0.442 e. The summed E-state index contributed by atoms with van der Waals surface area (Å²) < 4.78 is 66.5. The van der Waals surface area contributed by atoms with E-state index < -0.39 is 42.3 Å². The average molecular weight is 467 g/mol. The van der Waals surface area contributed by atoms with Gasteiger partial charge in [-0.15, -0.1) is 0 Å². The van der Waals surface area contributed by atoms with E-state index in [1.54, 1.807) is 0 Å². The van der Waals surface area contributed by atoms with Crippen LogP contribution in [0.4, 0.5) is 18.9 Å². The highest BCUT2D eigenvalue weighted by atomic mass is 35.5. The fraction of sp³-hybridized carbons (Fsp3) is 0.294. The van der Waals surface area contributed by atoms with Crippen LogP contribution in [-0.4, -0.2) is 34.9 Å². The number of nitro groups is 1. The van der Waals surface area contributed by atoms with Gasteiger partial charge in [-0.05, 0) is 41.9 Å². The van der Waals surface area contributed by atoms with E-state index in [0.29, 0.717) is 10.6 Å². The molecule has 0 spiro atoms. The molecule has 1 saturated heterocycles. The van der Waals surface area contributed by atoms with E-state index in [1.165, 1.54) is 36.4 Å². The minimum Gasteiger partial charge on any atom is -0.258 e. The zero-order chi connectivity index (χ0) is 21.4. The Morgan fingerprint density at radius 1 is 1.14 bits per heavy atom. The third-order valence-electron chi connectivity index (χ3n) is 4.44. The molecule has 29 heavy (non-hydrogen) atoms. The summed E-state index contributed by atoms with van der Waals surface area (Å²) in [7, 11) is -4.43. The van der Waals surface area contributed by atoms with Crippen LogP contribution in [0.3, 0.4) is 0 Å². The molecule has 1 aliphatic rings. The molecular weight excluding hydrogens is 453 g/mol. The third-order valence-corrected chi connectivity index (χ3v) is 7.69. The second kappa shape index (κ2) is 8.13. The monoisotopic (exact) mass is 466 g/mol. The van der Waals surface area contributed by atoms with Gasteiger partial charge in [0.1, 0.15) is 0 Å². The molecule has 156 valence electrons. The Morgan fingerprint density at radius 2 is 1.76 bits per heavy atom. The number of alkyl halides is 3. The number of benzene rings is 2. The average Bonchev–Trinajstić information content (AvgIpc) is 3.05. The van der Waals surface area contributed by atoms with Crippen LogP contribution in [0.15, 0.2) is 53.4 Å². The Kier molecular flexibility index (Phi) is 6.13. The van der Waals surface area contributed by atoms with Gasteiger partial charge in [0.25, 0.3) is 15.7 Å². The maximum Gasteiger partial charge on any atom is 0.442 e. The van der Waals surface area contributed by atoms with E-state index in [0.717, 1.165) is 16.4 Å². The fourth-order valence-corrected chi connectivity index (χ4v) is 6.32. The number of nitrogens with zero attached hydrogens (tertiary/aromatic N) is 2. The summed E-state index contributed by atoms with van der Waals surface area (Å²) in [5, 5.41) is 10.5. The summed E-state index contributed by atoms with van der Waals surface area (Å²) in [4.78, 5) is 9.89. The van der Waals surface area contributed by atoms with Crippen molar-refractivity contribution in [3.63, 3.8) is 0 Å². The van der Waals surface area contributed by atoms with Gasteiger partial charge in [0.05, 0.1) is 11.0 Å². The van der Waals surface area contributed by atoms with Crippen molar-refractivity contribution >= 4 is 39.1 Å². The van der Waals surface area contributed by atoms with E-state index in [4.69, 9.17) is 11.6 Å². The first kappa shape index (κ1) is 21.9. The van der Waals surface area contributed by atoms with Crippen molar-refractivity contribution < 1.29 is 26.5 Å². The van der Waals surface area contributed by atoms with Crippen LogP contribution in [0.5, 0.6) is 0 Å². The Balaban J connectivity index is 2.09. The first-order valence-electron chi connectivity index (χ1n) is 8.26. The van der Waals surface area contributed by atoms with Gasteiger partial charge in [-0.1, -0.05) is 35.9 Å². The number of para-hydroxylation sites is 1. The minimum absolute atomic E-state index is 0.0582. The Labute approximate surface area is 173 Å². The van der Waals surface area contributed by atoms with Crippen LogP contribution in [-0.2, 0) is 10.0 Å². The molecule has 2 atom stereocenters. The summed E-state index contributed by atoms with van der Waals surface area (Å²) in [5.74, 6) is 0. The molecule has 0 N–H and O–H groups in total. The Hall–Kier alpha value is -1.82. The number of rotatable bonds is 5. The second-order valence-electron chi connectivity index (χ2n) is 6.23. The van der Waals surface area contributed by atoms with E-state index >= 15 is 0 Å². The molecule has 0 aromatic heterocycles. The zero-order valence-corrected chi connectivity index (χ0v) is 16.9. The molecule has 0 saturated carbocycles. The van der Waals surface area contributed by atoms with Crippen LogP contribution in [0.1, 0.15) is 18.0 Å². The smallest absolute Gasteiger partial charge is 0.258 e. The van der Waals surface area contributed by atoms with Crippen LogP contribution in [0.25, 0.3) is 0 Å². The van der Waals surface area contributed by atoms with Crippen molar-refractivity contribution in [2.45, 2.75) is 28.1 Å². The molecule has 1 heterocycles. The van der Waals surface area contributed by atoms with Crippen molar-refractivity contribution in [3.05, 3.63) is 69.2 Å². The molecule has 0 radical (unpaired) electrons. The number of halogens is 4. The van der Waals surface area contributed by atoms with Gasteiger partial charge in [-0.3, -0.25) is 10.1 Å². The topological polar surface area (TPSA) is 80.5 Å². The maximum absolute atomic E-state index is 13.2. The van der Waals surface area contributed by atoms with Gasteiger partial charge in [0, 0.05) is 22.9 Å². The molecule has 1 aliphatic heterocycles. The molecule has 6 nitrogen and oxygen atoms in total. The van der Waals surface area contributed by atoms with Gasteiger partial charge in [0.2, 0.25) is 0 Å². The van der Waals surface area contributed by atoms with E-state index in [1.807, 2.05) is 0 Å². The molecule has 0 bridgehead atoms. The van der Waals surface area contributed by atoms with Crippen LogP contribution in [0, 0.1) is 10.1 Å². The van der Waals surface area contributed by atoms with Crippen LogP contribution >= 0.6 is 23.4 Å². The fourth-order valence-electron chi connectivity index (χ4n) is 3.29. The van der Waals surface area contributed by atoms with Gasteiger partial charge in [-0.2, -0.15) is 17.5 Å². The van der Waals surface area contributed by atoms with Gasteiger partial charge in [-0.25, -0.2) is 8.42 Å². The van der Waals surface area contributed by atoms with E-state index in [2.05, 4.69) is 0 Å². The quantitative estimate of drug-likeness (QED) is 0.457. The van der Waals surface area contributed by atoms with Crippen molar-refractivity contribution in [1.82, 2.24) is 4.31 Å². The third kappa shape index (κ3) is 4.68. The predicted molar refractivity (Wildman–Crippen MR) is 103 cm³/mol. The highest BCUT2D eigenvalue weighted by Gasteiger charge is 2.48. The molecule has 3 rings (SSSR count). The van der Waals surface area contributed by atoms with Gasteiger partial charge < -0.3 is 0 Å². The molecule has 2 aromatic carbocycles. The van der Waals surface area contributed by atoms with Crippen molar-refractivity contribution in [2.75, 3.05) is 6.54 Å². The van der Waals surface area contributed by atoms with E-state index in [-0.39, 0.29) is 24.7 Å². The number of nitro benzene ring substituents is 1. The molecule has 2 aromatic rings. The minimum atomic E-state index is -4.56. The standard InChI is InChI=1S/C17H14ClF3N2O4S2/c18-12-7-5-11(6-8-12)16-14(28-17(19,20)21)9-10-22(16)29(26,27)15-4-2-1-3-13(15)23(24)25/h1-8,14,16H,9-10H2/t14-,16+/m0/s1. The first-order chi connectivity index (χ1) is 13.5. The van der Waals surface area contributed by atoms with Crippen LogP contribution < -0.4 is 0 Å². The number of thioether (sulfide) groups is 1. The molecule has 0 amide bonds. The molecule has 12 heteroatoms. The Bertz CT molecular complexity index is 1020. The zero-order valence-electron chi connectivity index (χ0n) is 14.5. The number of sulfonamides is 1. The lowest BCUT2D eigenvalue weighted by atomic mass is 10.1. The lowest BCUT2D eigenvalue weighted by Gasteiger charge is -2.28. The summed E-state index contributed by atoms with van der Waals surface area (Å²) in [6, 6.07) is 9.46. The summed E-state index contributed by atoms with van der Waals surface area (Å²) >= 11 is 5.57. The first-order valence-corrected chi connectivity index (χ1v) is 11.0. The molecule has 0 unspecified atom stereocenters.